The molecule has 0 unspecified atom stereocenters. The summed E-state index contributed by atoms with van der Waals surface area (Å²) in [7, 11) is 1.64. The number of amides is 2. The van der Waals surface area contributed by atoms with Crippen LogP contribution in [0.25, 0.3) is 0 Å². The van der Waals surface area contributed by atoms with Gasteiger partial charge in [-0.1, -0.05) is 26.0 Å². The molecule has 1 aliphatic heterocycles. The second kappa shape index (κ2) is 6.83. The molecule has 5 nitrogen and oxygen atoms in total. The molecule has 0 spiro atoms. The van der Waals surface area contributed by atoms with Crippen molar-refractivity contribution < 1.29 is 14.3 Å². The van der Waals surface area contributed by atoms with Gasteiger partial charge in [0.05, 0.1) is 13.0 Å². The Bertz CT molecular complexity index is 608. The van der Waals surface area contributed by atoms with Crippen LogP contribution in [0.5, 0.6) is 5.75 Å². The highest BCUT2D eigenvalue weighted by atomic mass is 16.5. The summed E-state index contributed by atoms with van der Waals surface area (Å²) < 4.78 is 5.21. The van der Waals surface area contributed by atoms with Crippen LogP contribution in [-0.2, 0) is 9.59 Å². The number of nitrogens with zero attached hydrogens (tertiary/aromatic N) is 1. The molecule has 24 heavy (non-hydrogen) atoms. The first-order valence-electron chi connectivity index (χ1n) is 8.72. The summed E-state index contributed by atoms with van der Waals surface area (Å²) in [6, 6.07) is 8.17. The van der Waals surface area contributed by atoms with Gasteiger partial charge in [0, 0.05) is 31.0 Å². The zero-order valence-electron chi connectivity index (χ0n) is 14.6. The standard InChI is InChI=1S/C19H26N2O3/c1-12(2)19(23)21-10-16(13-4-8-15(24-3)9-5-13)17(11-21)18(22)20-14-6-7-14/h4-5,8-9,12,14,16-17H,6-7,10-11H2,1-3H3,(H,20,22)/t16-,17+/m1/s1. The van der Waals surface area contributed by atoms with Crippen molar-refractivity contribution in [2.24, 2.45) is 11.8 Å². The molecule has 1 saturated carbocycles. The van der Waals surface area contributed by atoms with Crippen LogP contribution < -0.4 is 10.1 Å². The fourth-order valence-electron chi connectivity index (χ4n) is 3.34. The second-order valence-electron chi connectivity index (χ2n) is 7.17. The zero-order chi connectivity index (χ0) is 17.3. The fourth-order valence-corrected chi connectivity index (χ4v) is 3.34. The van der Waals surface area contributed by atoms with E-state index >= 15 is 0 Å². The van der Waals surface area contributed by atoms with Gasteiger partial charge in [-0.2, -0.15) is 0 Å². The molecule has 1 saturated heterocycles. The van der Waals surface area contributed by atoms with E-state index in [2.05, 4.69) is 5.32 Å². The Balaban J connectivity index is 1.80. The van der Waals surface area contributed by atoms with Gasteiger partial charge in [-0.25, -0.2) is 0 Å². The monoisotopic (exact) mass is 330 g/mol. The Morgan fingerprint density at radius 2 is 1.83 bits per heavy atom. The van der Waals surface area contributed by atoms with Gasteiger partial charge in [-0.15, -0.1) is 0 Å². The van der Waals surface area contributed by atoms with E-state index in [9.17, 15) is 9.59 Å². The Kier molecular flexibility index (Phi) is 4.78. The number of rotatable bonds is 5. The molecular formula is C19H26N2O3. The van der Waals surface area contributed by atoms with E-state index in [0.29, 0.717) is 19.1 Å². The van der Waals surface area contributed by atoms with E-state index in [0.717, 1.165) is 24.2 Å². The van der Waals surface area contributed by atoms with Gasteiger partial charge in [-0.05, 0) is 30.5 Å². The number of methoxy groups -OCH3 is 1. The summed E-state index contributed by atoms with van der Waals surface area (Å²) in [5, 5.41) is 3.11. The number of carbonyl (C=O) groups is 2. The third-order valence-electron chi connectivity index (χ3n) is 4.93. The third kappa shape index (κ3) is 3.55. The number of hydrogen-bond donors (Lipinski definition) is 1. The molecule has 0 aromatic heterocycles. The summed E-state index contributed by atoms with van der Waals surface area (Å²) in [5.41, 5.74) is 1.09. The van der Waals surface area contributed by atoms with Crippen molar-refractivity contribution in [2.45, 2.75) is 38.6 Å². The van der Waals surface area contributed by atoms with E-state index < -0.39 is 0 Å². The van der Waals surface area contributed by atoms with Crippen molar-refractivity contribution in [2.75, 3.05) is 20.2 Å². The minimum absolute atomic E-state index is 0.0392. The van der Waals surface area contributed by atoms with Crippen molar-refractivity contribution in [1.82, 2.24) is 10.2 Å². The maximum atomic E-state index is 12.7. The average molecular weight is 330 g/mol. The molecule has 2 fully saturated rings. The number of likely N-dealkylation sites (tertiary alicyclic amines) is 1. The molecule has 1 aromatic carbocycles. The summed E-state index contributed by atoms with van der Waals surface area (Å²) in [4.78, 5) is 26.9. The van der Waals surface area contributed by atoms with Gasteiger partial charge < -0.3 is 15.0 Å². The predicted molar refractivity (Wildman–Crippen MR) is 91.8 cm³/mol. The molecule has 1 heterocycles. The van der Waals surface area contributed by atoms with Crippen LogP contribution in [0.3, 0.4) is 0 Å². The second-order valence-corrected chi connectivity index (χ2v) is 7.17. The van der Waals surface area contributed by atoms with Crippen LogP contribution in [0.1, 0.15) is 38.2 Å². The number of nitrogens with one attached hydrogen (secondary N) is 1. The van der Waals surface area contributed by atoms with Crippen molar-refractivity contribution in [1.29, 1.82) is 0 Å². The maximum absolute atomic E-state index is 12.7. The lowest BCUT2D eigenvalue weighted by molar-refractivity contribution is -0.133. The van der Waals surface area contributed by atoms with Crippen molar-refractivity contribution in [3.8, 4) is 5.75 Å². The lowest BCUT2D eigenvalue weighted by Gasteiger charge is -2.18. The van der Waals surface area contributed by atoms with Crippen LogP contribution in [0, 0.1) is 11.8 Å². The third-order valence-corrected chi connectivity index (χ3v) is 4.93. The number of carbonyl (C=O) groups excluding carboxylic acids is 2. The lowest BCUT2D eigenvalue weighted by atomic mass is 9.88. The molecular weight excluding hydrogens is 304 g/mol. The smallest absolute Gasteiger partial charge is 0.225 e. The van der Waals surface area contributed by atoms with Crippen molar-refractivity contribution in [3.05, 3.63) is 29.8 Å². The zero-order valence-corrected chi connectivity index (χ0v) is 14.6. The highest BCUT2D eigenvalue weighted by Crippen LogP contribution is 2.35. The minimum Gasteiger partial charge on any atom is -0.497 e. The topological polar surface area (TPSA) is 58.6 Å². The normalized spacial score (nSPS) is 23.4. The van der Waals surface area contributed by atoms with Gasteiger partial charge >= 0.3 is 0 Å². The fraction of sp³-hybridized carbons (Fsp3) is 0.579. The molecule has 0 bridgehead atoms. The van der Waals surface area contributed by atoms with Gasteiger partial charge in [0.2, 0.25) is 11.8 Å². The van der Waals surface area contributed by atoms with Crippen LogP contribution in [0.4, 0.5) is 0 Å². The van der Waals surface area contributed by atoms with Gasteiger partial charge in [0.25, 0.3) is 0 Å². The van der Waals surface area contributed by atoms with E-state index in [1.54, 1.807) is 7.11 Å². The first kappa shape index (κ1) is 16.8. The quantitative estimate of drug-likeness (QED) is 0.900. The van der Waals surface area contributed by atoms with Gasteiger partial charge in [-0.3, -0.25) is 9.59 Å². The van der Waals surface area contributed by atoms with Crippen LogP contribution >= 0.6 is 0 Å². The first-order chi connectivity index (χ1) is 11.5. The van der Waals surface area contributed by atoms with E-state index in [4.69, 9.17) is 4.74 Å². The molecule has 1 N–H and O–H groups in total. The molecule has 0 radical (unpaired) electrons. The SMILES string of the molecule is COc1ccc([C@H]2CN(C(=O)C(C)C)C[C@@H]2C(=O)NC2CC2)cc1. The predicted octanol–water partition coefficient (Wildman–Crippen LogP) is 2.17. The Hall–Kier alpha value is -2.04. The molecule has 2 aliphatic rings. The molecule has 2 atom stereocenters. The van der Waals surface area contributed by atoms with Crippen molar-refractivity contribution in [3.63, 3.8) is 0 Å². The van der Waals surface area contributed by atoms with Crippen molar-refractivity contribution >= 4 is 11.8 Å². The average Bonchev–Trinajstić information content (AvgIpc) is 3.28. The minimum atomic E-state index is -0.179. The van der Waals surface area contributed by atoms with Gasteiger partial charge in [0.1, 0.15) is 5.75 Å². The number of ether oxygens (including phenoxy) is 1. The largest absolute Gasteiger partial charge is 0.497 e. The van der Waals surface area contributed by atoms with Crippen LogP contribution in [0.2, 0.25) is 0 Å². The molecule has 5 heteroatoms. The lowest BCUT2D eigenvalue weighted by Crippen LogP contribution is -2.37. The number of benzene rings is 1. The summed E-state index contributed by atoms with van der Waals surface area (Å²) in [6.07, 6.45) is 2.14. The van der Waals surface area contributed by atoms with Gasteiger partial charge in [0.15, 0.2) is 0 Å². The van der Waals surface area contributed by atoms with Crippen LogP contribution in [0.15, 0.2) is 24.3 Å². The molecule has 1 aromatic rings. The maximum Gasteiger partial charge on any atom is 0.225 e. The Labute approximate surface area is 143 Å². The summed E-state index contributed by atoms with van der Waals surface area (Å²) >= 11 is 0. The summed E-state index contributed by atoms with van der Waals surface area (Å²) in [5.74, 6) is 0.810. The van der Waals surface area contributed by atoms with E-state index in [1.165, 1.54) is 0 Å². The molecule has 3 rings (SSSR count). The first-order valence-corrected chi connectivity index (χ1v) is 8.72. The Morgan fingerprint density at radius 1 is 1.17 bits per heavy atom. The Morgan fingerprint density at radius 3 is 2.38 bits per heavy atom. The van der Waals surface area contributed by atoms with Crippen LogP contribution in [-0.4, -0.2) is 43.0 Å². The molecule has 1 aliphatic carbocycles. The molecule has 130 valence electrons. The number of hydrogen-bond acceptors (Lipinski definition) is 3. The highest BCUT2D eigenvalue weighted by molar-refractivity contribution is 5.84. The van der Waals surface area contributed by atoms with E-state index in [1.807, 2.05) is 43.0 Å². The summed E-state index contributed by atoms with van der Waals surface area (Å²) in [6.45, 7) is 4.92. The molecule has 2 amide bonds. The van der Waals surface area contributed by atoms with E-state index in [-0.39, 0.29) is 29.6 Å². The highest BCUT2D eigenvalue weighted by Gasteiger charge is 2.41.